The minimum atomic E-state index is -1.20. The predicted octanol–water partition coefficient (Wildman–Crippen LogP) is 4.17. The van der Waals surface area contributed by atoms with Crippen molar-refractivity contribution in [3.05, 3.63) is 59.2 Å². The van der Waals surface area contributed by atoms with E-state index in [0.717, 1.165) is 22.3 Å². The average Bonchev–Trinajstić information content (AvgIpc) is 2.44. The number of rotatable bonds is 5. The van der Waals surface area contributed by atoms with Gasteiger partial charge in [0.05, 0.1) is 5.71 Å². The Balaban J connectivity index is 3.31. The third-order valence-electron chi connectivity index (χ3n) is 3.19. The topological polar surface area (TPSA) is 41.8 Å². The van der Waals surface area contributed by atoms with Crippen LogP contribution in [0.3, 0.4) is 0 Å². The highest BCUT2D eigenvalue weighted by molar-refractivity contribution is 6.14. The monoisotopic (exact) mass is 301 g/mol. The maximum Gasteiger partial charge on any atom is 0.255 e. The molecule has 120 valence electrons. The van der Waals surface area contributed by atoms with E-state index in [1.54, 1.807) is 0 Å². The molecule has 0 radical (unpaired) electrons. The Hall–Kier alpha value is -1.71. The molecular formula is C19H27NO2. The van der Waals surface area contributed by atoms with Gasteiger partial charge in [-0.3, -0.25) is 0 Å². The van der Waals surface area contributed by atoms with Gasteiger partial charge >= 0.3 is 0 Å². The van der Waals surface area contributed by atoms with Crippen LogP contribution in [-0.4, -0.2) is 24.3 Å². The Morgan fingerprint density at radius 2 is 1.95 bits per heavy atom. The lowest BCUT2D eigenvalue weighted by Crippen LogP contribution is -2.14. The molecule has 1 N–H and O–H groups in total. The second-order valence-electron chi connectivity index (χ2n) is 6.58. The van der Waals surface area contributed by atoms with Crippen molar-refractivity contribution in [1.29, 1.82) is 0 Å². The van der Waals surface area contributed by atoms with Crippen LogP contribution in [0.5, 0.6) is 0 Å². The minimum absolute atomic E-state index is 0.0512. The van der Waals surface area contributed by atoms with Gasteiger partial charge in [-0.15, -0.1) is 0 Å². The standard InChI is InChI=1S/C19H27NO2/c1-13-8-9-14(2)16(12-13)17(20-18(21)22-7)15(3)10-11-19(4,5)6/h8-12,18,21H,3H2,1-2,4-7H3/b11-10-,20-17?/t18-/m0/s1. The van der Waals surface area contributed by atoms with Gasteiger partial charge in [0, 0.05) is 12.7 Å². The van der Waals surface area contributed by atoms with E-state index < -0.39 is 6.41 Å². The van der Waals surface area contributed by atoms with Gasteiger partial charge in [0.1, 0.15) is 0 Å². The molecule has 0 aliphatic carbocycles. The van der Waals surface area contributed by atoms with Gasteiger partial charge in [0.25, 0.3) is 6.41 Å². The van der Waals surface area contributed by atoms with Gasteiger partial charge in [0.2, 0.25) is 0 Å². The van der Waals surface area contributed by atoms with E-state index in [1.807, 2.05) is 32.1 Å². The first-order chi connectivity index (χ1) is 10.1. The quantitative estimate of drug-likeness (QED) is 0.504. The zero-order valence-electron chi connectivity index (χ0n) is 14.5. The highest BCUT2D eigenvalue weighted by Crippen LogP contribution is 2.20. The number of benzene rings is 1. The number of aryl methyl sites for hydroxylation is 2. The summed E-state index contributed by atoms with van der Waals surface area (Å²) in [7, 11) is 1.42. The van der Waals surface area contributed by atoms with Gasteiger partial charge in [-0.2, -0.15) is 0 Å². The Labute approximate surface area is 134 Å². The number of ether oxygens (including phenoxy) is 1. The van der Waals surface area contributed by atoms with Crippen molar-refractivity contribution in [3.8, 4) is 0 Å². The van der Waals surface area contributed by atoms with Crippen LogP contribution in [0.1, 0.15) is 37.5 Å². The largest absolute Gasteiger partial charge is 0.350 e. The number of hydrogen-bond acceptors (Lipinski definition) is 3. The molecule has 1 aromatic carbocycles. The Kier molecular flexibility index (Phi) is 6.27. The normalized spacial score (nSPS) is 14.4. The third kappa shape index (κ3) is 5.58. The van der Waals surface area contributed by atoms with Crippen LogP contribution < -0.4 is 0 Å². The van der Waals surface area contributed by atoms with Crippen molar-refractivity contribution < 1.29 is 9.84 Å². The van der Waals surface area contributed by atoms with E-state index in [-0.39, 0.29) is 5.41 Å². The highest BCUT2D eigenvalue weighted by Gasteiger charge is 2.13. The van der Waals surface area contributed by atoms with Gasteiger partial charge in [-0.25, -0.2) is 4.99 Å². The molecule has 0 spiro atoms. The second-order valence-corrected chi connectivity index (χ2v) is 6.58. The molecule has 0 aliphatic rings. The number of nitrogens with zero attached hydrogens (tertiary/aromatic N) is 1. The molecule has 0 saturated heterocycles. The second kappa shape index (κ2) is 7.52. The lowest BCUT2D eigenvalue weighted by Gasteiger charge is -2.15. The van der Waals surface area contributed by atoms with Gasteiger partial charge in [-0.05, 0) is 36.5 Å². The molecule has 22 heavy (non-hydrogen) atoms. The van der Waals surface area contributed by atoms with Crippen molar-refractivity contribution in [2.45, 2.75) is 41.0 Å². The molecule has 0 amide bonds. The third-order valence-corrected chi connectivity index (χ3v) is 3.19. The minimum Gasteiger partial charge on any atom is -0.350 e. The van der Waals surface area contributed by atoms with Crippen LogP contribution >= 0.6 is 0 Å². The number of hydrogen-bond donors (Lipinski definition) is 1. The summed E-state index contributed by atoms with van der Waals surface area (Å²) in [6, 6.07) is 6.14. The number of aliphatic hydroxyl groups is 1. The van der Waals surface area contributed by atoms with E-state index in [1.165, 1.54) is 7.11 Å². The molecule has 0 saturated carbocycles. The molecule has 0 aliphatic heterocycles. The van der Waals surface area contributed by atoms with Crippen LogP contribution in [0.4, 0.5) is 0 Å². The van der Waals surface area contributed by atoms with Crippen LogP contribution in [-0.2, 0) is 4.74 Å². The fourth-order valence-electron chi connectivity index (χ4n) is 1.91. The van der Waals surface area contributed by atoms with Crippen LogP contribution in [0.2, 0.25) is 0 Å². The predicted molar refractivity (Wildman–Crippen MR) is 93.2 cm³/mol. The Morgan fingerprint density at radius 3 is 2.50 bits per heavy atom. The van der Waals surface area contributed by atoms with Gasteiger partial charge in [0.15, 0.2) is 0 Å². The first-order valence-electron chi connectivity index (χ1n) is 7.39. The maximum absolute atomic E-state index is 9.75. The molecule has 0 fully saturated rings. The Bertz CT molecular complexity index is 592. The molecule has 0 bridgehead atoms. The van der Waals surface area contributed by atoms with Crippen LogP contribution in [0.25, 0.3) is 0 Å². The van der Waals surface area contributed by atoms with E-state index in [4.69, 9.17) is 4.74 Å². The van der Waals surface area contributed by atoms with E-state index >= 15 is 0 Å². The summed E-state index contributed by atoms with van der Waals surface area (Å²) >= 11 is 0. The van der Waals surface area contributed by atoms with E-state index in [9.17, 15) is 5.11 Å². The molecular weight excluding hydrogens is 274 g/mol. The van der Waals surface area contributed by atoms with Crippen LogP contribution in [0, 0.1) is 19.3 Å². The summed E-state index contributed by atoms with van der Waals surface area (Å²) < 4.78 is 4.87. The zero-order valence-corrected chi connectivity index (χ0v) is 14.5. The number of aliphatic imine (C=N–C) groups is 1. The Morgan fingerprint density at radius 1 is 1.32 bits per heavy atom. The van der Waals surface area contributed by atoms with Crippen molar-refractivity contribution in [3.63, 3.8) is 0 Å². The van der Waals surface area contributed by atoms with Crippen molar-refractivity contribution in [2.24, 2.45) is 10.4 Å². The summed E-state index contributed by atoms with van der Waals surface area (Å²) in [6.07, 6.45) is 2.83. The summed E-state index contributed by atoms with van der Waals surface area (Å²) in [6.45, 7) is 14.5. The summed E-state index contributed by atoms with van der Waals surface area (Å²) in [5.41, 5.74) is 4.62. The lowest BCUT2D eigenvalue weighted by molar-refractivity contribution is -0.0656. The molecule has 1 atom stereocenters. The molecule has 0 aromatic heterocycles. The smallest absolute Gasteiger partial charge is 0.255 e. The summed E-state index contributed by atoms with van der Waals surface area (Å²) in [5.74, 6) is 0. The SMILES string of the molecule is C=C(/C=C\C(C)(C)C)C(=N[C@@H](O)OC)c1cc(C)ccc1C. The fraction of sp³-hybridized carbons (Fsp3) is 0.421. The van der Waals surface area contributed by atoms with Crippen molar-refractivity contribution in [2.75, 3.05) is 7.11 Å². The highest BCUT2D eigenvalue weighted by atomic mass is 16.6. The number of methoxy groups -OCH3 is 1. The van der Waals surface area contributed by atoms with Crippen molar-refractivity contribution in [1.82, 2.24) is 0 Å². The number of allylic oxidation sites excluding steroid dienone is 3. The summed E-state index contributed by atoms with van der Waals surface area (Å²) in [5, 5.41) is 9.75. The van der Waals surface area contributed by atoms with Gasteiger partial charge < -0.3 is 9.84 Å². The van der Waals surface area contributed by atoms with Crippen LogP contribution in [0.15, 0.2) is 47.5 Å². The maximum atomic E-state index is 9.75. The molecule has 3 nitrogen and oxygen atoms in total. The lowest BCUT2D eigenvalue weighted by atomic mass is 9.92. The van der Waals surface area contributed by atoms with Crippen molar-refractivity contribution >= 4 is 5.71 Å². The average molecular weight is 301 g/mol. The summed E-state index contributed by atoms with van der Waals surface area (Å²) in [4.78, 5) is 4.27. The molecule has 1 aromatic rings. The first-order valence-corrected chi connectivity index (χ1v) is 7.39. The fourth-order valence-corrected chi connectivity index (χ4v) is 1.91. The zero-order chi connectivity index (χ0) is 16.9. The molecule has 3 heteroatoms. The van der Waals surface area contributed by atoms with Gasteiger partial charge in [-0.1, -0.05) is 57.2 Å². The molecule has 0 unspecified atom stereocenters. The number of aliphatic hydroxyl groups excluding tert-OH is 1. The van der Waals surface area contributed by atoms with E-state index in [0.29, 0.717) is 5.71 Å². The first kappa shape index (κ1) is 18.3. The molecule has 0 heterocycles. The molecule has 1 rings (SSSR count). The van der Waals surface area contributed by atoms with E-state index in [2.05, 4.69) is 44.5 Å².